The highest BCUT2D eigenvalue weighted by Gasteiger charge is 2.39. The van der Waals surface area contributed by atoms with Crippen molar-refractivity contribution < 1.29 is 44.0 Å². The fourth-order valence-electron chi connectivity index (χ4n) is 2.10. The summed E-state index contributed by atoms with van der Waals surface area (Å²) in [6.07, 6.45) is -18.8. The first-order chi connectivity index (χ1) is 9.52. The minimum atomic E-state index is -4.56. The fraction of sp³-hybridized carbons (Fsp3) is 1.00. The second-order valence-electron chi connectivity index (χ2n) is 5.83. The Morgan fingerprint density at radius 2 is 0.955 bits per heavy atom. The molecule has 0 aromatic heterocycles. The topological polar surface area (TPSA) is 0 Å². The van der Waals surface area contributed by atoms with Crippen molar-refractivity contribution >= 4 is 0 Å². The number of hydrogen-bond donors (Lipinski definition) is 0. The van der Waals surface area contributed by atoms with Crippen LogP contribution in [0.15, 0.2) is 0 Å². The lowest BCUT2D eigenvalue weighted by atomic mass is 10.0. The van der Waals surface area contributed by atoms with Gasteiger partial charge in [-0.1, -0.05) is 0 Å². The Labute approximate surface area is 122 Å². The molecule has 22 heavy (non-hydrogen) atoms. The third-order valence-corrected chi connectivity index (χ3v) is 3.48. The first kappa shape index (κ1) is 21.3. The number of nitrogens with zero attached hydrogens (tertiary/aromatic N) is 1. The molecule has 0 rings (SSSR count). The Balaban J connectivity index is 4.86. The zero-order valence-corrected chi connectivity index (χ0v) is 12.2. The van der Waals surface area contributed by atoms with Gasteiger partial charge in [0.05, 0.1) is 33.1 Å². The van der Waals surface area contributed by atoms with Crippen LogP contribution in [0.4, 0.5) is 39.5 Å². The smallest absolute Gasteiger partial charge is 0.326 e. The van der Waals surface area contributed by atoms with Crippen molar-refractivity contribution in [3.05, 3.63) is 0 Å². The fourth-order valence-corrected chi connectivity index (χ4v) is 2.10. The maximum atomic E-state index is 12.2. The number of halogens is 9. The lowest BCUT2D eigenvalue weighted by molar-refractivity contribution is -0.917. The van der Waals surface area contributed by atoms with Gasteiger partial charge < -0.3 is 4.48 Å². The summed E-state index contributed by atoms with van der Waals surface area (Å²) in [7, 11) is 2.45. The van der Waals surface area contributed by atoms with Crippen molar-refractivity contribution in [1.82, 2.24) is 0 Å². The Morgan fingerprint density at radius 3 is 1.23 bits per heavy atom. The van der Waals surface area contributed by atoms with E-state index in [4.69, 9.17) is 0 Å². The summed E-state index contributed by atoms with van der Waals surface area (Å²) < 4.78 is 110. The number of rotatable bonds is 7. The summed E-state index contributed by atoms with van der Waals surface area (Å²) in [5.74, 6) is 0. The summed E-state index contributed by atoms with van der Waals surface area (Å²) in [6.45, 7) is -0.566. The van der Waals surface area contributed by atoms with Gasteiger partial charge in [0.25, 0.3) is 0 Å². The van der Waals surface area contributed by atoms with E-state index in [2.05, 4.69) is 0 Å². The van der Waals surface area contributed by atoms with E-state index in [-0.39, 0.29) is 0 Å². The van der Waals surface area contributed by atoms with Crippen molar-refractivity contribution in [3.8, 4) is 0 Å². The van der Waals surface area contributed by atoms with E-state index in [0.29, 0.717) is 0 Å². The summed E-state index contributed by atoms with van der Waals surface area (Å²) in [5.41, 5.74) is 0. The first-order valence-electron chi connectivity index (χ1n) is 6.55. The molecule has 0 saturated carbocycles. The lowest BCUT2D eigenvalue weighted by Gasteiger charge is -2.39. The second-order valence-corrected chi connectivity index (χ2v) is 5.83. The highest BCUT2D eigenvalue weighted by Crippen LogP contribution is 2.31. The van der Waals surface area contributed by atoms with Gasteiger partial charge in [0.15, 0.2) is 0 Å². The molecule has 10 heteroatoms. The standard InChI is InChI=1S/C12H19F9N/c1-22(2,8-7-12(19,20)21)9(3-5-10(13,14)15)4-6-11(16,17)18/h9H,3-8H2,1-2H3/q+1. The Bertz CT molecular complexity index is 309. The summed E-state index contributed by atoms with van der Waals surface area (Å²) in [5, 5.41) is 0. The summed E-state index contributed by atoms with van der Waals surface area (Å²) >= 11 is 0. The molecule has 0 aliphatic carbocycles. The van der Waals surface area contributed by atoms with Crippen LogP contribution in [0.2, 0.25) is 0 Å². The largest absolute Gasteiger partial charge is 0.394 e. The molecule has 0 bridgehead atoms. The molecule has 0 aromatic rings. The van der Waals surface area contributed by atoms with E-state index in [9.17, 15) is 39.5 Å². The minimum Gasteiger partial charge on any atom is -0.326 e. The maximum absolute atomic E-state index is 12.2. The molecule has 0 saturated heterocycles. The Morgan fingerprint density at radius 1 is 0.636 bits per heavy atom. The van der Waals surface area contributed by atoms with Gasteiger partial charge in [-0.2, -0.15) is 39.5 Å². The molecule has 0 fully saturated rings. The zero-order valence-electron chi connectivity index (χ0n) is 12.2. The molecule has 0 spiro atoms. The third-order valence-electron chi connectivity index (χ3n) is 3.48. The Kier molecular flexibility index (Phi) is 7.05. The average molecular weight is 348 g/mol. The SMILES string of the molecule is C[N+](C)(CCC(F)(F)F)C(CCC(F)(F)F)CCC(F)(F)F. The van der Waals surface area contributed by atoms with Crippen LogP contribution in [0.3, 0.4) is 0 Å². The number of alkyl halides is 9. The highest BCUT2D eigenvalue weighted by molar-refractivity contribution is 4.66. The van der Waals surface area contributed by atoms with Crippen molar-refractivity contribution in [1.29, 1.82) is 0 Å². The molecule has 0 heterocycles. The molecule has 0 aliphatic rings. The van der Waals surface area contributed by atoms with Gasteiger partial charge in [0.1, 0.15) is 0 Å². The van der Waals surface area contributed by atoms with E-state index in [1.807, 2.05) is 0 Å². The zero-order chi connectivity index (χ0) is 17.8. The van der Waals surface area contributed by atoms with Crippen LogP contribution in [-0.4, -0.2) is 49.7 Å². The molecule has 0 N–H and O–H groups in total. The van der Waals surface area contributed by atoms with Crippen molar-refractivity contribution in [2.45, 2.75) is 56.7 Å². The highest BCUT2D eigenvalue weighted by atomic mass is 19.4. The number of hydrogen-bond acceptors (Lipinski definition) is 0. The first-order valence-corrected chi connectivity index (χ1v) is 6.55. The van der Waals surface area contributed by atoms with Crippen LogP contribution in [0.1, 0.15) is 32.1 Å². The molecule has 134 valence electrons. The van der Waals surface area contributed by atoms with E-state index in [1.54, 1.807) is 0 Å². The molecule has 0 amide bonds. The average Bonchev–Trinajstić information content (AvgIpc) is 2.22. The summed E-state index contributed by atoms with van der Waals surface area (Å²) in [6, 6.07) is -1.15. The Hall–Kier alpha value is -0.670. The molecule has 1 nitrogen and oxygen atoms in total. The van der Waals surface area contributed by atoms with Crippen molar-refractivity contribution in [2.24, 2.45) is 0 Å². The van der Waals surface area contributed by atoms with Crippen LogP contribution < -0.4 is 0 Å². The quantitative estimate of drug-likeness (QED) is 0.445. The van der Waals surface area contributed by atoms with Gasteiger partial charge in [0, 0.05) is 25.7 Å². The van der Waals surface area contributed by atoms with E-state index in [0.717, 1.165) is 0 Å². The minimum absolute atomic E-state index is 0.536. The van der Waals surface area contributed by atoms with Gasteiger partial charge in [-0.05, 0) is 0 Å². The van der Waals surface area contributed by atoms with E-state index in [1.165, 1.54) is 14.1 Å². The molecule has 0 radical (unpaired) electrons. The van der Waals surface area contributed by atoms with Gasteiger partial charge in [-0.25, -0.2) is 0 Å². The molecule has 0 aliphatic heterocycles. The molecular weight excluding hydrogens is 329 g/mol. The van der Waals surface area contributed by atoms with Gasteiger partial charge in [-0.15, -0.1) is 0 Å². The predicted octanol–water partition coefficient (Wildman–Crippen LogP) is 5.07. The van der Waals surface area contributed by atoms with Crippen LogP contribution >= 0.6 is 0 Å². The van der Waals surface area contributed by atoms with Gasteiger partial charge >= 0.3 is 18.5 Å². The van der Waals surface area contributed by atoms with E-state index >= 15 is 0 Å². The second kappa shape index (κ2) is 7.27. The predicted molar refractivity (Wildman–Crippen MR) is 62.0 cm³/mol. The molecule has 0 aromatic carbocycles. The molecular formula is C12H19F9N+. The molecule has 0 unspecified atom stereocenters. The van der Waals surface area contributed by atoms with Crippen LogP contribution in [0.5, 0.6) is 0 Å². The normalized spacial score (nSPS) is 14.7. The van der Waals surface area contributed by atoms with E-state index < -0.39 is 67.7 Å². The molecule has 0 atom stereocenters. The van der Waals surface area contributed by atoms with Crippen LogP contribution in [0.25, 0.3) is 0 Å². The van der Waals surface area contributed by atoms with Crippen LogP contribution in [-0.2, 0) is 0 Å². The summed E-state index contributed by atoms with van der Waals surface area (Å²) in [4.78, 5) is 0. The van der Waals surface area contributed by atoms with Crippen molar-refractivity contribution in [3.63, 3.8) is 0 Å². The third kappa shape index (κ3) is 11.0. The number of quaternary nitrogens is 1. The van der Waals surface area contributed by atoms with Gasteiger partial charge in [0.2, 0.25) is 0 Å². The monoisotopic (exact) mass is 348 g/mol. The van der Waals surface area contributed by atoms with Crippen LogP contribution in [0, 0.1) is 0 Å². The van der Waals surface area contributed by atoms with Gasteiger partial charge in [-0.3, -0.25) is 0 Å². The maximum Gasteiger partial charge on any atom is 0.394 e. The lowest BCUT2D eigenvalue weighted by Crippen LogP contribution is -2.51. The van der Waals surface area contributed by atoms with Crippen molar-refractivity contribution in [2.75, 3.05) is 20.6 Å².